The number of halogens is 1. The number of hydrogen-bond acceptors (Lipinski definition) is 4. The van der Waals surface area contributed by atoms with Crippen LogP contribution >= 0.6 is 0 Å². The zero-order valence-electron chi connectivity index (χ0n) is 17.2. The van der Waals surface area contributed by atoms with Crippen molar-refractivity contribution in [1.82, 2.24) is 5.43 Å². The van der Waals surface area contributed by atoms with Crippen molar-refractivity contribution >= 4 is 27.3 Å². The van der Waals surface area contributed by atoms with Crippen LogP contribution in [0.1, 0.15) is 33.3 Å². The molecule has 0 bridgehead atoms. The fraction of sp³-hybridized carbons (Fsp3) is 0.333. The number of carbonyl (C=O) groups excluding carboxylic acids is 1. The molecule has 8 heteroatoms. The molecule has 0 spiro atoms. The standard InChI is InChI=1S/C21H26FN3O3S/c1-15-10-12-17(13-11-15)29(27,28)25(19-9-7-6-8-18(19)22)14-20(26)24-23-16(2)21(3,4)5/h6-13H,14H2,1-5H3,(H,24,26)/b23-16-. The van der Waals surface area contributed by atoms with E-state index in [1.807, 2.05) is 27.7 Å². The number of nitrogens with zero attached hydrogens (tertiary/aromatic N) is 2. The number of anilines is 1. The van der Waals surface area contributed by atoms with Crippen LogP contribution in [-0.4, -0.2) is 26.6 Å². The van der Waals surface area contributed by atoms with E-state index in [0.717, 1.165) is 15.9 Å². The first-order valence-corrected chi connectivity index (χ1v) is 10.5. The molecule has 0 unspecified atom stereocenters. The van der Waals surface area contributed by atoms with Gasteiger partial charge in [-0.3, -0.25) is 9.10 Å². The van der Waals surface area contributed by atoms with Gasteiger partial charge in [-0.2, -0.15) is 5.10 Å². The summed E-state index contributed by atoms with van der Waals surface area (Å²) in [4.78, 5) is 12.4. The van der Waals surface area contributed by atoms with E-state index in [-0.39, 0.29) is 16.0 Å². The third-order valence-corrected chi connectivity index (χ3v) is 6.23. The molecule has 29 heavy (non-hydrogen) atoms. The third kappa shape index (κ3) is 5.63. The lowest BCUT2D eigenvalue weighted by atomic mass is 9.91. The van der Waals surface area contributed by atoms with Crippen molar-refractivity contribution < 1.29 is 17.6 Å². The van der Waals surface area contributed by atoms with Gasteiger partial charge in [0.05, 0.1) is 10.6 Å². The molecule has 6 nitrogen and oxygen atoms in total. The maximum atomic E-state index is 14.4. The summed E-state index contributed by atoms with van der Waals surface area (Å²) in [6, 6.07) is 11.6. The minimum Gasteiger partial charge on any atom is -0.271 e. The number of hydrazone groups is 1. The second-order valence-corrected chi connectivity index (χ2v) is 9.62. The van der Waals surface area contributed by atoms with E-state index in [2.05, 4.69) is 10.5 Å². The fourth-order valence-corrected chi connectivity index (χ4v) is 3.70. The van der Waals surface area contributed by atoms with Crippen molar-refractivity contribution in [1.29, 1.82) is 0 Å². The Morgan fingerprint density at radius 2 is 1.69 bits per heavy atom. The molecule has 0 aliphatic rings. The van der Waals surface area contributed by atoms with Gasteiger partial charge in [-0.1, -0.05) is 50.6 Å². The van der Waals surface area contributed by atoms with E-state index in [1.54, 1.807) is 19.1 Å². The highest BCUT2D eigenvalue weighted by Gasteiger charge is 2.29. The molecule has 0 saturated heterocycles. The molecule has 1 N–H and O–H groups in total. The summed E-state index contributed by atoms with van der Waals surface area (Å²) in [6.07, 6.45) is 0. The Balaban J connectivity index is 2.40. The van der Waals surface area contributed by atoms with E-state index in [9.17, 15) is 17.6 Å². The molecule has 0 aromatic heterocycles. The summed E-state index contributed by atoms with van der Waals surface area (Å²) in [5, 5.41) is 4.03. The number of para-hydroxylation sites is 1. The molecule has 2 aromatic rings. The molecule has 1 amide bonds. The van der Waals surface area contributed by atoms with Crippen molar-refractivity contribution in [2.45, 2.75) is 39.5 Å². The van der Waals surface area contributed by atoms with Crippen LogP contribution in [0.15, 0.2) is 58.5 Å². The molecule has 0 aliphatic heterocycles. The highest BCUT2D eigenvalue weighted by Crippen LogP contribution is 2.26. The molecule has 2 rings (SSSR count). The number of aryl methyl sites for hydroxylation is 1. The third-order valence-electron chi connectivity index (χ3n) is 4.45. The Bertz CT molecular complexity index is 1010. The lowest BCUT2D eigenvalue weighted by Gasteiger charge is -2.24. The van der Waals surface area contributed by atoms with E-state index < -0.39 is 28.3 Å². The average Bonchev–Trinajstić information content (AvgIpc) is 2.64. The van der Waals surface area contributed by atoms with Crippen LogP contribution in [-0.2, 0) is 14.8 Å². The molecule has 2 aromatic carbocycles. The van der Waals surface area contributed by atoms with Crippen LogP contribution in [0.25, 0.3) is 0 Å². The van der Waals surface area contributed by atoms with Gasteiger partial charge in [0, 0.05) is 11.1 Å². The van der Waals surface area contributed by atoms with E-state index in [4.69, 9.17) is 0 Å². The fourth-order valence-electron chi connectivity index (χ4n) is 2.27. The van der Waals surface area contributed by atoms with Crippen LogP contribution in [0.2, 0.25) is 0 Å². The smallest absolute Gasteiger partial charge is 0.264 e. The highest BCUT2D eigenvalue weighted by molar-refractivity contribution is 7.92. The Morgan fingerprint density at radius 3 is 2.24 bits per heavy atom. The number of nitrogens with one attached hydrogen (secondary N) is 1. The Kier molecular flexibility index (Phi) is 6.79. The average molecular weight is 420 g/mol. The molecule has 0 radical (unpaired) electrons. The first-order chi connectivity index (χ1) is 13.4. The van der Waals surface area contributed by atoms with Gasteiger partial charge in [-0.05, 0) is 38.1 Å². The monoisotopic (exact) mass is 419 g/mol. The van der Waals surface area contributed by atoms with Crippen LogP contribution in [0.3, 0.4) is 0 Å². The minimum absolute atomic E-state index is 0.0338. The predicted octanol–water partition coefficient (Wildman–Crippen LogP) is 3.87. The van der Waals surface area contributed by atoms with Crippen molar-refractivity contribution in [3.05, 3.63) is 59.9 Å². The van der Waals surface area contributed by atoms with Crippen molar-refractivity contribution in [2.24, 2.45) is 10.5 Å². The number of benzene rings is 2. The molecular formula is C21H26FN3O3S. The highest BCUT2D eigenvalue weighted by atomic mass is 32.2. The SMILES string of the molecule is C/C(=N/NC(=O)CN(c1ccccc1F)S(=O)(=O)c1ccc(C)cc1)C(C)(C)C. The molecule has 0 heterocycles. The Morgan fingerprint density at radius 1 is 1.10 bits per heavy atom. The van der Waals surface area contributed by atoms with Gasteiger partial charge in [-0.25, -0.2) is 18.2 Å². The molecule has 0 fully saturated rings. The maximum absolute atomic E-state index is 14.4. The van der Waals surface area contributed by atoms with Gasteiger partial charge in [0.25, 0.3) is 15.9 Å². The van der Waals surface area contributed by atoms with Gasteiger partial charge < -0.3 is 0 Å². The summed E-state index contributed by atoms with van der Waals surface area (Å²) in [5.74, 6) is -1.42. The summed E-state index contributed by atoms with van der Waals surface area (Å²) in [5.41, 5.74) is 3.45. The number of sulfonamides is 1. The molecule has 0 aliphatic carbocycles. The molecule has 0 atom stereocenters. The summed E-state index contributed by atoms with van der Waals surface area (Å²) >= 11 is 0. The molecule has 0 saturated carbocycles. The molecular weight excluding hydrogens is 393 g/mol. The second kappa shape index (κ2) is 8.73. The Hall–Kier alpha value is -2.74. The van der Waals surface area contributed by atoms with Crippen LogP contribution in [0, 0.1) is 18.2 Å². The zero-order valence-corrected chi connectivity index (χ0v) is 18.0. The van der Waals surface area contributed by atoms with Crippen LogP contribution in [0.4, 0.5) is 10.1 Å². The first kappa shape index (κ1) is 22.5. The van der Waals surface area contributed by atoms with E-state index in [0.29, 0.717) is 5.71 Å². The second-order valence-electron chi connectivity index (χ2n) is 7.76. The summed E-state index contributed by atoms with van der Waals surface area (Å²) in [6.45, 7) is 8.78. The topological polar surface area (TPSA) is 78.8 Å². The van der Waals surface area contributed by atoms with Crippen molar-refractivity contribution in [3.63, 3.8) is 0 Å². The van der Waals surface area contributed by atoms with Gasteiger partial charge in [0.15, 0.2) is 0 Å². The van der Waals surface area contributed by atoms with Crippen molar-refractivity contribution in [2.75, 3.05) is 10.8 Å². The van der Waals surface area contributed by atoms with Gasteiger partial charge in [0.2, 0.25) is 0 Å². The van der Waals surface area contributed by atoms with E-state index >= 15 is 0 Å². The van der Waals surface area contributed by atoms with Crippen molar-refractivity contribution in [3.8, 4) is 0 Å². The quantitative estimate of drug-likeness (QED) is 0.570. The lowest BCUT2D eigenvalue weighted by Crippen LogP contribution is -2.40. The van der Waals surface area contributed by atoms with E-state index in [1.165, 1.54) is 30.3 Å². The Labute approximate surface area is 171 Å². The number of amides is 1. The zero-order chi connectivity index (χ0) is 21.8. The van der Waals surface area contributed by atoms with Gasteiger partial charge in [-0.15, -0.1) is 0 Å². The van der Waals surface area contributed by atoms with Crippen LogP contribution < -0.4 is 9.73 Å². The molecule has 156 valence electrons. The number of hydrogen-bond donors (Lipinski definition) is 1. The predicted molar refractivity (Wildman–Crippen MR) is 113 cm³/mol. The number of rotatable bonds is 6. The van der Waals surface area contributed by atoms with Gasteiger partial charge in [0.1, 0.15) is 12.4 Å². The normalized spacial score (nSPS) is 12.6. The first-order valence-electron chi connectivity index (χ1n) is 9.10. The summed E-state index contributed by atoms with van der Waals surface area (Å²) in [7, 11) is -4.17. The van der Waals surface area contributed by atoms with Gasteiger partial charge >= 0.3 is 0 Å². The lowest BCUT2D eigenvalue weighted by molar-refractivity contribution is -0.119. The minimum atomic E-state index is -4.17. The summed E-state index contributed by atoms with van der Waals surface area (Å²) < 4.78 is 41.5. The maximum Gasteiger partial charge on any atom is 0.264 e. The van der Waals surface area contributed by atoms with Crippen LogP contribution in [0.5, 0.6) is 0 Å². The largest absolute Gasteiger partial charge is 0.271 e. The number of carbonyl (C=O) groups is 1.